The summed E-state index contributed by atoms with van der Waals surface area (Å²) in [6.07, 6.45) is 7.19. The monoisotopic (exact) mass is 692 g/mol. The Hall–Kier alpha value is -7.44. The molecule has 0 saturated carbocycles. The van der Waals surface area contributed by atoms with Gasteiger partial charge in [0.25, 0.3) is 0 Å². The Morgan fingerprint density at radius 1 is 0.241 bits per heavy atom. The van der Waals surface area contributed by atoms with Gasteiger partial charge in [0, 0.05) is 47.0 Å². The van der Waals surface area contributed by atoms with Crippen molar-refractivity contribution in [1.82, 2.24) is 29.9 Å². The summed E-state index contributed by atoms with van der Waals surface area (Å²) < 4.78 is 0. The van der Waals surface area contributed by atoms with Crippen molar-refractivity contribution in [3.63, 3.8) is 0 Å². The van der Waals surface area contributed by atoms with Gasteiger partial charge in [-0.3, -0.25) is 9.97 Å². The number of nitrogens with zero attached hydrogens (tertiary/aromatic N) is 6. The molecule has 6 heteroatoms. The average molecular weight is 693 g/mol. The van der Waals surface area contributed by atoms with Crippen molar-refractivity contribution >= 4 is 0 Å². The van der Waals surface area contributed by atoms with Gasteiger partial charge in [-0.2, -0.15) is 0 Å². The molecule has 0 bridgehead atoms. The fourth-order valence-electron chi connectivity index (χ4n) is 6.66. The maximum atomic E-state index is 5.07. The first-order valence-corrected chi connectivity index (χ1v) is 17.8. The van der Waals surface area contributed by atoms with Crippen LogP contribution in [0.5, 0.6) is 0 Å². The number of rotatable bonds is 8. The van der Waals surface area contributed by atoms with E-state index in [4.69, 9.17) is 19.9 Å². The van der Waals surface area contributed by atoms with Crippen LogP contribution in [0, 0.1) is 0 Å². The first-order valence-electron chi connectivity index (χ1n) is 17.8. The Kier molecular flexibility index (Phi) is 8.81. The first kappa shape index (κ1) is 32.5. The molecule has 6 nitrogen and oxygen atoms in total. The third-order valence-electron chi connectivity index (χ3n) is 9.30. The summed E-state index contributed by atoms with van der Waals surface area (Å²) >= 11 is 0. The van der Waals surface area contributed by atoms with E-state index in [9.17, 15) is 0 Å². The molecular weight excluding hydrogens is 661 g/mol. The van der Waals surface area contributed by atoms with Crippen molar-refractivity contribution < 1.29 is 0 Å². The molecule has 0 aliphatic carbocycles. The summed E-state index contributed by atoms with van der Waals surface area (Å²) in [5.74, 6) is 0. The van der Waals surface area contributed by atoms with Gasteiger partial charge in [0.15, 0.2) is 0 Å². The highest BCUT2D eigenvalue weighted by Crippen LogP contribution is 2.36. The molecule has 0 radical (unpaired) electrons. The fourth-order valence-corrected chi connectivity index (χ4v) is 6.66. The van der Waals surface area contributed by atoms with Crippen molar-refractivity contribution in [2.24, 2.45) is 0 Å². The minimum atomic E-state index is 0.814. The van der Waals surface area contributed by atoms with Gasteiger partial charge < -0.3 is 0 Å². The van der Waals surface area contributed by atoms with Crippen LogP contribution in [-0.2, 0) is 0 Å². The van der Waals surface area contributed by atoms with E-state index in [1.165, 1.54) is 0 Å². The normalized spacial score (nSPS) is 11.0. The number of hydrogen-bond donors (Lipinski definition) is 0. The van der Waals surface area contributed by atoms with Crippen LogP contribution in [0.4, 0.5) is 0 Å². The predicted molar refractivity (Wildman–Crippen MR) is 217 cm³/mol. The van der Waals surface area contributed by atoms with E-state index < -0.39 is 0 Å². The van der Waals surface area contributed by atoms with Crippen molar-refractivity contribution in [3.05, 3.63) is 195 Å². The minimum Gasteiger partial charge on any atom is -0.264 e. The molecule has 0 atom stereocenters. The highest BCUT2D eigenvalue weighted by atomic mass is 14.8. The minimum absolute atomic E-state index is 0.814. The lowest BCUT2D eigenvalue weighted by Crippen LogP contribution is -1.93. The standard InChI is InChI=1S/C48H32N6/c1-2-18-40(34-12-4-14-36(30-34)42-20-6-24-46(52-42)48-26-8-22-44(54-48)38-16-10-28-50-32-38)39(17-1)33-11-3-13-35(29-33)41-19-5-23-45(51-41)47-25-7-21-43(53-47)37-15-9-27-49-31-37/h1-32H. The zero-order valence-corrected chi connectivity index (χ0v) is 29.2. The lowest BCUT2D eigenvalue weighted by molar-refractivity contribution is 1.24. The van der Waals surface area contributed by atoms with Gasteiger partial charge in [-0.05, 0) is 107 Å². The molecule has 0 N–H and O–H groups in total. The van der Waals surface area contributed by atoms with Crippen LogP contribution < -0.4 is 0 Å². The number of pyridine rings is 6. The van der Waals surface area contributed by atoms with Crippen LogP contribution >= 0.6 is 0 Å². The van der Waals surface area contributed by atoms with E-state index in [2.05, 4.69) is 94.9 Å². The Morgan fingerprint density at radius 2 is 0.556 bits per heavy atom. The van der Waals surface area contributed by atoms with Crippen LogP contribution in [0.2, 0.25) is 0 Å². The summed E-state index contributed by atoms with van der Waals surface area (Å²) in [5.41, 5.74) is 15.2. The zero-order valence-electron chi connectivity index (χ0n) is 29.2. The molecule has 0 amide bonds. The number of hydrogen-bond acceptors (Lipinski definition) is 6. The second-order valence-corrected chi connectivity index (χ2v) is 12.8. The van der Waals surface area contributed by atoms with Crippen LogP contribution in [0.3, 0.4) is 0 Å². The highest BCUT2D eigenvalue weighted by Gasteiger charge is 2.13. The average Bonchev–Trinajstić information content (AvgIpc) is 3.27. The quantitative estimate of drug-likeness (QED) is 0.158. The zero-order chi connectivity index (χ0) is 36.1. The predicted octanol–water partition coefficient (Wildman–Crippen LogP) is 11.4. The van der Waals surface area contributed by atoms with Crippen LogP contribution in [-0.4, -0.2) is 29.9 Å². The molecule has 3 aromatic carbocycles. The summed E-state index contributed by atoms with van der Waals surface area (Å²) in [6, 6.07) is 57.8. The van der Waals surface area contributed by atoms with Crippen molar-refractivity contribution in [1.29, 1.82) is 0 Å². The van der Waals surface area contributed by atoms with Crippen LogP contribution in [0.25, 0.3) is 90.1 Å². The van der Waals surface area contributed by atoms with E-state index in [1.807, 2.05) is 97.3 Å². The molecule has 6 aromatic heterocycles. The van der Waals surface area contributed by atoms with Gasteiger partial charge >= 0.3 is 0 Å². The first-order chi connectivity index (χ1) is 26.7. The molecule has 0 spiro atoms. The Bertz CT molecular complexity index is 2540. The molecule has 0 fully saturated rings. The molecule has 0 aliphatic heterocycles. The number of aromatic nitrogens is 6. The maximum absolute atomic E-state index is 5.07. The Morgan fingerprint density at radius 3 is 0.926 bits per heavy atom. The smallest absolute Gasteiger partial charge is 0.0893 e. The molecule has 6 heterocycles. The Labute approximate surface area is 313 Å². The lowest BCUT2D eigenvalue weighted by atomic mass is 9.92. The molecule has 0 unspecified atom stereocenters. The third-order valence-corrected chi connectivity index (χ3v) is 9.30. The molecule has 0 saturated heterocycles. The molecule has 0 aliphatic rings. The van der Waals surface area contributed by atoms with E-state index >= 15 is 0 Å². The van der Waals surface area contributed by atoms with Gasteiger partial charge in [-0.25, -0.2) is 19.9 Å². The van der Waals surface area contributed by atoms with Crippen LogP contribution in [0.15, 0.2) is 195 Å². The van der Waals surface area contributed by atoms with E-state index in [-0.39, 0.29) is 0 Å². The SMILES string of the molecule is c1cncc(-c2cccc(-c3cccc(-c4cccc(-c5ccccc5-c5cccc(-c6cccc(-c7cccc(-c8cccnc8)n7)n6)c5)c4)n3)n2)c1. The van der Waals surface area contributed by atoms with Crippen molar-refractivity contribution in [3.8, 4) is 90.1 Å². The van der Waals surface area contributed by atoms with Gasteiger partial charge in [-0.1, -0.05) is 84.9 Å². The van der Waals surface area contributed by atoms with Crippen molar-refractivity contribution in [2.75, 3.05) is 0 Å². The lowest BCUT2D eigenvalue weighted by Gasteiger charge is -2.13. The van der Waals surface area contributed by atoms with Gasteiger partial charge in [0.05, 0.1) is 45.6 Å². The summed E-state index contributed by atoms with van der Waals surface area (Å²) in [5, 5.41) is 0. The van der Waals surface area contributed by atoms with Gasteiger partial charge in [0.1, 0.15) is 0 Å². The highest BCUT2D eigenvalue weighted by molar-refractivity contribution is 5.86. The van der Waals surface area contributed by atoms with E-state index in [1.54, 1.807) is 12.4 Å². The third kappa shape index (κ3) is 6.79. The molecular formula is C48H32N6. The number of benzene rings is 3. The summed E-state index contributed by atoms with van der Waals surface area (Å²) in [4.78, 5) is 28.5. The van der Waals surface area contributed by atoms with Crippen LogP contribution in [0.1, 0.15) is 0 Å². The second kappa shape index (κ2) is 14.7. The van der Waals surface area contributed by atoms with E-state index in [0.717, 1.165) is 90.1 Å². The fraction of sp³-hybridized carbons (Fsp3) is 0. The molecule has 254 valence electrons. The molecule has 54 heavy (non-hydrogen) atoms. The molecule has 9 aromatic rings. The molecule has 9 rings (SSSR count). The topological polar surface area (TPSA) is 77.3 Å². The maximum Gasteiger partial charge on any atom is 0.0893 e. The Balaban J connectivity index is 1.02. The van der Waals surface area contributed by atoms with E-state index in [0.29, 0.717) is 0 Å². The van der Waals surface area contributed by atoms with Crippen molar-refractivity contribution in [2.45, 2.75) is 0 Å². The summed E-state index contributed by atoms with van der Waals surface area (Å²) in [7, 11) is 0. The van der Waals surface area contributed by atoms with Gasteiger partial charge in [-0.15, -0.1) is 0 Å². The summed E-state index contributed by atoms with van der Waals surface area (Å²) in [6.45, 7) is 0. The van der Waals surface area contributed by atoms with Gasteiger partial charge in [0.2, 0.25) is 0 Å². The largest absolute Gasteiger partial charge is 0.264 e. The second-order valence-electron chi connectivity index (χ2n) is 12.8.